The molecule has 2 amide bonds. The van der Waals surface area contributed by atoms with E-state index in [-0.39, 0.29) is 16.2 Å². The van der Waals surface area contributed by atoms with Crippen LogP contribution in [0.4, 0.5) is 16.3 Å². The van der Waals surface area contributed by atoms with Crippen molar-refractivity contribution in [3.63, 3.8) is 0 Å². The molecule has 0 atom stereocenters. The number of halogens is 2. The molecule has 29 heavy (non-hydrogen) atoms. The highest BCUT2D eigenvalue weighted by Gasteiger charge is 2.21. The first-order chi connectivity index (χ1) is 13.6. The first-order valence-corrected chi connectivity index (χ1v) is 9.77. The number of aromatic hydroxyl groups is 1. The third-order valence-corrected chi connectivity index (χ3v) is 5.05. The first kappa shape index (κ1) is 21.0. The summed E-state index contributed by atoms with van der Waals surface area (Å²) in [5.41, 5.74) is 1.89. The highest BCUT2D eigenvalue weighted by atomic mass is 35.5. The number of hydrogen-bond donors (Lipinski definition) is 3. The number of nitrogens with one attached hydrogen (secondary N) is 2. The van der Waals surface area contributed by atoms with Gasteiger partial charge in [0.15, 0.2) is 0 Å². The van der Waals surface area contributed by atoms with Crippen LogP contribution in [0.5, 0.6) is 5.75 Å². The third-order valence-electron chi connectivity index (χ3n) is 4.23. The summed E-state index contributed by atoms with van der Waals surface area (Å²) in [6, 6.07) is 13.3. The van der Waals surface area contributed by atoms with E-state index in [0.717, 1.165) is 11.3 Å². The minimum absolute atomic E-state index is 0.175. The summed E-state index contributed by atoms with van der Waals surface area (Å²) in [4.78, 5) is 12.6. The van der Waals surface area contributed by atoms with E-state index in [2.05, 4.69) is 15.7 Å². The van der Waals surface area contributed by atoms with E-state index in [1.807, 2.05) is 32.9 Å². The topological polar surface area (TPSA) is 79.2 Å². The number of aromatic nitrogens is 2. The number of anilines is 2. The van der Waals surface area contributed by atoms with Crippen LogP contribution in [-0.2, 0) is 12.0 Å². The minimum atomic E-state index is -0.466. The normalized spacial score (nSPS) is 11.3. The second-order valence-corrected chi connectivity index (χ2v) is 8.46. The fourth-order valence-electron chi connectivity index (χ4n) is 2.70. The molecule has 0 saturated carbocycles. The van der Waals surface area contributed by atoms with Gasteiger partial charge in [0.25, 0.3) is 0 Å². The molecule has 0 radical (unpaired) electrons. The van der Waals surface area contributed by atoms with Gasteiger partial charge in [-0.05, 0) is 29.8 Å². The lowest BCUT2D eigenvalue weighted by Gasteiger charge is -2.14. The number of rotatable bonds is 4. The Hall–Kier alpha value is -2.70. The Morgan fingerprint density at radius 3 is 2.52 bits per heavy atom. The van der Waals surface area contributed by atoms with Gasteiger partial charge in [-0.1, -0.05) is 62.2 Å². The maximum Gasteiger partial charge on any atom is 0.324 e. The molecule has 0 spiro atoms. The number of phenolic OH excluding ortho intramolecular Hbond substituents is 1. The lowest BCUT2D eigenvalue weighted by molar-refractivity contribution is 0.262. The lowest BCUT2D eigenvalue weighted by atomic mass is 9.92. The molecule has 152 valence electrons. The van der Waals surface area contributed by atoms with Gasteiger partial charge in [-0.25, -0.2) is 9.48 Å². The molecular formula is C21H22Cl2N4O2. The van der Waals surface area contributed by atoms with Gasteiger partial charge in [0.1, 0.15) is 11.6 Å². The van der Waals surface area contributed by atoms with Crippen molar-refractivity contribution in [2.24, 2.45) is 0 Å². The molecule has 0 aliphatic heterocycles. The summed E-state index contributed by atoms with van der Waals surface area (Å²) in [6.45, 7) is 6.52. The summed E-state index contributed by atoms with van der Waals surface area (Å²) in [5, 5.41) is 20.5. The zero-order valence-electron chi connectivity index (χ0n) is 16.3. The van der Waals surface area contributed by atoms with Crippen LogP contribution in [0.15, 0.2) is 48.5 Å². The van der Waals surface area contributed by atoms with Crippen molar-refractivity contribution < 1.29 is 9.90 Å². The maximum atomic E-state index is 12.6. The van der Waals surface area contributed by atoms with Gasteiger partial charge in [-0.3, -0.25) is 5.32 Å². The number of nitrogens with zero attached hydrogens (tertiary/aromatic N) is 2. The molecular weight excluding hydrogens is 411 g/mol. The SMILES string of the molecule is CC(C)(C)c1cc(NC(=O)Nc2cccc(Cl)c2Cl)n(Cc2cccc(O)c2)n1. The van der Waals surface area contributed by atoms with Gasteiger partial charge < -0.3 is 10.4 Å². The Balaban J connectivity index is 1.85. The average Bonchev–Trinajstić information content (AvgIpc) is 3.02. The van der Waals surface area contributed by atoms with Crippen LogP contribution in [-0.4, -0.2) is 20.9 Å². The summed E-state index contributed by atoms with van der Waals surface area (Å²) in [7, 11) is 0. The molecule has 0 bridgehead atoms. The second kappa shape index (κ2) is 8.35. The number of benzene rings is 2. The van der Waals surface area contributed by atoms with E-state index in [0.29, 0.717) is 23.1 Å². The largest absolute Gasteiger partial charge is 0.508 e. The number of carbonyl (C=O) groups is 1. The third kappa shape index (κ3) is 5.22. The smallest absolute Gasteiger partial charge is 0.324 e. The van der Waals surface area contributed by atoms with E-state index >= 15 is 0 Å². The van der Waals surface area contributed by atoms with E-state index < -0.39 is 6.03 Å². The monoisotopic (exact) mass is 432 g/mol. The lowest BCUT2D eigenvalue weighted by Crippen LogP contribution is -2.22. The van der Waals surface area contributed by atoms with Crippen molar-refractivity contribution in [3.8, 4) is 5.75 Å². The van der Waals surface area contributed by atoms with Crippen LogP contribution < -0.4 is 10.6 Å². The molecule has 3 N–H and O–H groups in total. The van der Waals surface area contributed by atoms with Crippen molar-refractivity contribution >= 4 is 40.7 Å². The zero-order valence-corrected chi connectivity index (χ0v) is 17.8. The van der Waals surface area contributed by atoms with Crippen molar-refractivity contribution in [2.45, 2.75) is 32.7 Å². The van der Waals surface area contributed by atoms with Crippen LogP contribution >= 0.6 is 23.2 Å². The van der Waals surface area contributed by atoms with Crippen LogP contribution in [0.2, 0.25) is 10.0 Å². The molecule has 0 fully saturated rings. The molecule has 3 aromatic rings. The average molecular weight is 433 g/mol. The summed E-state index contributed by atoms with van der Waals surface area (Å²) < 4.78 is 1.69. The number of amides is 2. The Kier molecular flexibility index (Phi) is 6.05. The van der Waals surface area contributed by atoms with E-state index in [9.17, 15) is 9.90 Å². The Labute approximate surface area is 179 Å². The van der Waals surface area contributed by atoms with Crippen molar-refractivity contribution in [2.75, 3.05) is 10.6 Å². The van der Waals surface area contributed by atoms with Gasteiger partial charge in [0, 0.05) is 11.5 Å². The molecule has 3 rings (SSSR count). The molecule has 0 saturated heterocycles. The molecule has 6 nitrogen and oxygen atoms in total. The molecule has 8 heteroatoms. The Morgan fingerprint density at radius 2 is 1.83 bits per heavy atom. The fraction of sp³-hybridized carbons (Fsp3) is 0.238. The van der Waals surface area contributed by atoms with E-state index in [1.165, 1.54) is 0 Å². The van der Waals surface area contributed by atoms with Crippen molar-refractivity contribution in [3.05, 3.63) is 69.8 Å². The van der Waals surface area contributed by atoms with Crippen LogP contribution in [0.1, 0.15) is 32.0 Å². The highest BCUT2D eigenvalue weighted by Crippen LogP contribution is 2.30. The summed E-state index contributed by atoms with van der Waals surface area (Å²) in [6.07, 6.45) is 0. The predicted octanol–water partition coefficient (Wildman–Crippen LogP) is 5.89. The van der Waals surface area contributed by atoms with Gasteiger partial charge in [0.05, 0.1) is 28.0 Å². The fourth-order valence-corrected chi connectivity index (χ4v) is 3.05. The second-order valence-electron chi connectivity index (χ2n) is 7.67. The maximum absolute atomic E-state index is 12.6. The predicted molar refractivity (Wildman–Crippen MR) is 117 cm³/mol. The molecule has 0 unspecified atom stereocenters. The standard InChI is InChI=1S/C21H22Cl2N4O2/c1-21(2,3)17-11-18(27(26-17)12-13-6-4-7-14(28)10-13)25-20(29)24-16-9-5-8-15(22)19(16)23/h4-11,28H,12H2,1-3H3,(H2,24,25,29). The van der Waals surface area contributed by atoms with Crippen LogP contribution in [0.3, 0.4) is 0 Å². The Morgan fingerprint density at radius 1 is 1.10 bits per heavy atom. The number of urea groups is 1. The highest BCUT2D eigenvalue weighted by molar-refractivity contribution is 6.44. The zero-order chi connectivity index (χ0) is 21.2. The van der Waals surface area contributed by atoms with Crippen LogP contribution in [0.25, 0.3) is 0 Å². The molecule has 1 heterocycles. The van der Waals surface area contributed by atoms with Gasteiger partial charge in [0.2, 0.25) is 0 Å². The van der Waals surface area contributed by atoms with Gasteiger partial charge in [-0.15, -0.1) is 0 Å². The molecule has 0 aliphatic rings. The Bertz CT molecular complexity index is 1040. The van der Waals surface area contributed by atoms with Gasteiger partial charge >= 0.3 is 6.03 Å². The van der Waals surface area contributed by atoms with Crippen LogP contribution in [0, 0.1) is 0 Å². The quantitative estimate of drug-likeness (QED) is 0.480. The number of carbonyl (C=O) groups excluding carboxylic acids is 1. The number of hydrogen-bond acceptors (Lipinski definition) is 3. The number of phenols is 1. The molecule has 1 aromatic heterocycles. The van der Waals surface area contributed by atoms with E-state index in [4.69, 9.17) is 23.2 Å². The molecule has 2 aromatic carbocycles. The molecule has 0 aliphatic carbocycles. The minimum Gasteiger partial charge on any atom is -0.508 e. The van der Waals surface area contributed by atoms with Crippen molar-refractivity contribution in [1.82, 2.24) is 9.78 Å². The van der Waals surface area contributed by atoms with E-state index in [1.54, 1.807) is 41.1 Å². The first-order valence-electron chi connectivity index (χ1n) is 9.02. The summed E-state index contributed by atoms with van der Waals surface area (Å²) >= 11 is 12.1. The van der Waals surface area contributed by atoms with Gasteiger partial charge in [-0.2, -0.15) is 5.10 Å². The van der Waals surface area contributed by atoms with Crippen molar-refractivity contribution in [1.29, 1.82) is 0 Å². The summed E-state index contributed by atoms with van der Waals surface area (Å²) in [5.74, 6) is 0.697.